The third-order valence-electron chi connectivity index (χ3n) is 3.95. The third-order valence-corrected chi connectivity index (χ3v) is 6.89. The van der Waals surface area contributed by atoms with Crippen LogP contribution in [0.1, 0.15) is 37.1 Å². The van der Waals surface area contributed by atoms with E-state index in [1.807, 2.05) is 10.4 Å². The summed E-state index contributed by atoms with van der Waals surface area (Å²) >= 11 is 8.03. The Morgan fingerprint density at radius 1 is 1.50 bits per heavy atom. The Balaban J connectivity index is 1.88. The molecular formula is C17H21ClN2O2S2. The lowest BCUT2D eigenvalue weighted by atomic mass is 10.2. The summed E-state index contributed by atoms with van der Waals surface area (Å²) < 4.78 is 21.7. The maximum absolute atomic E-state index is 13.0. The first-order chi connectivity index (χ1) is 11.6. The summed E-state index contributed by atoms with van der Waals surface area (Å²) in [5, 5.41) is 0. The summed E-state index contributed by atoms with van der Waals surface area (Å²) in [7, 11) is -1.30. The van der Waals surface area contributed by atoms with E-state index in [9.17, 15) is 4.21 Å². The van der Waals surface area contributed by atoms with Crippen LogP contribution in [0.3, 0.4) is 0 Å². The minimum absolute atomic E-state index is 0.0300. The van der Waals surface area contributed by atoms with Crippen molar-refractivity contribution in [2.45, 2.75) is 50.7 Å². The molecule has 0 aliphatic carbocycles. The van der Waals surface area contributed by atoms with E-state index in [0.29, 0.717) is 23.9 Å². The molecule has 1 unspecified atom stereocenters. The lowest BCUT2D eigenvalue weighted by Gasteiger charge is -2.21. The average molecular weight is 385 g/mol. The van der Waals surface area contributed by atoms with E-state index in [-0.39, 0.29) is 6.10 Å². The van der Waals surface area contributed by atoms with Crippen molar-refractivity contribution in [3.8, 4) is 5.88 Å². The molecule has 1 aliphatic heterocycles. The smallest absolute Gasteiger partial charge is 0.231 e. The Hall–Kier alpha value is -0.950. The molecule has 2 aromatic rings. The molecule has 0 bridgehead atoms. The van der Waals surface area contributed by atoms with Gasteiger partial charge in [-0.25, -0.2) is 13.5 Å². The monoisotopic (exact) mass is 384 g/mol. The van der Waals surface area contributed by atoms with Crippen molar-refractivity contribution < 1.29 is 8.95 Å². The number of thiophene rings is 1. The van der Waals surface area contributed by atoms with Crippen molar-refractivity contribution in [2.24, 2.45) is 0 Å². The van der Waals surface area contributed by atoms with Crippen LogP contribution in [0.5, 0.6) is 5.88 Å². The molecule has 4 nitrogen and oxygen atoms in total. The highest BCUT2D eigenvalue weighted by molar-refractivity contribution is 7.82. The zero-order valence-corrected chi connectivity index (χ0v) is 16.2. The molecule has 1 aliphatic rings. The zero-order chi connectivity index (χ0) is 17.1. The molecule has 3 heterocycles. The Kier molecular flexibility index (Phi) is 5.92. The molecule has 24 heavy (non-hydrogen) atoms. The van der Waals surface area contributed by atoms with Crippen molar-refractivity contribution in [3.05, 3.63) is 39.2 Å². The minimum atomic E-state index is -1.30. The topological polar surface area (TPSA) is 42.4 Å². The number of ether oxygens (including phenoxy) is 1. The predicted octanol–water partition coefficient (Wildman–Crippen LogP) is 4.44. The number of aromatic nitrogens is 1. The van der Waals surface area contributed by atoms with E-state index in [1.54, 1.807) is 23.6 Å². The van der Waals surface area contributed by atoms with Crippen molar-refractivity contribution in [3.63, 3.8) is 0 Å². The molecule has 0 spiro atoms. The molecule has 0 saturated carbocycles. The maximum atomic E-state index is 13.0. The zero-order valence-electron chi connectivity index (χ0n) is 13.8. The minimum Gasteiger partial charge on any atom is -0.472 e. The third kappa shape index (κ3) is 3.82. The molecular weight excluding hydrogens is 364 g/mol. The van der Waals surface area contributed by atoms with Crippen LogP contribution in [0.2, 0.25) is 4.34 Å². The van der Waals surface area contributed by atoms with Gasteiger partial charge >= 0.3 is 0 Å². The first-order valence-electron chi connectivity index (χ1n) is 8.18. The Morgan fingerprint density at radius 2 is 2.33 bits per heavy atom. The fourth-order valence-corrected chi connectivity index (χ4v) is 5.38. The summed E-state index contributed by atoms with van der Waals surface area (Å²) in [5.41, 5.74) is 1.04. The summed E-state index contributed by atoms with van der Waals surface area (Å²) in [6.07, 6.45) is 4.60. The number of hydrogen-bond donors (Lipinski definition) is 0. The van der Waals surface area contributed by atoms with E-state index in [4.69, 9.17) is 16.3 Å². The first kappa shape index (κ1) is 17.9. The summed E-state index contributed by atoms with van der Waals surface area (Å²) in [4.78, 5) is 6.16. The standard InChI is InChI=1S/C17H21ClN2O2S2/c1-3-6-14-9-12(16(18)23-14)10-20-11-13(4-2)22-17-15(24(20)21)7-5-8-19-17/h5,7-9,13H,3-4,6,10-11H2,1-2H3/t13-,24?/m1/s1. The van der Waals surface area contributed by atoms with Crippen LogP contribution in [-0.4, -0.2) is 26.1 Å². The second-order valence-corrected chi connectivity index (χ2v) is 8.98. The quantitative estimate of drug-likeness (QED) is 0.765. The predicted molar refractivity (Wildman–Crippen MR) is 99.1 cm³/mol. The molecule has 0 N–H and O–H groups in total. The van der Waals surface area contributed by atoms with E-state index >= 15 is 0 Å². The molecule has 2 aromatic heterocycles. The van der Waals surface area contributed by atoms with E-state index in [2.05, 4.69) is 24.9 Å². The Morgan fingerprint density at radius 3 is 3.08 bits per heavy atom. The lowest BCUT2D eigenvalue weighted by Crippen LogP contribution is -2.33. The van der Waals surface area contributed by atoms with E-state index < -0.39 is 11.0 Å². The van der Waals surface area contributed by atoms with E-state index in [1.165, 1.54) is 4.88 Å². The second kappa shape index (κ2) is 7.95. The number of aryl methyl sites for hydroxylation is 1. The first-order valence-corrected chi connectivity index (χ1v) is 10.5. The Labute approximate surface area is 154 Å². The molecule has 0 amide bonds. The van der Waals surface area contributed by atoms with Crippen molar-refractivity contribution in [1.82, 2.24) is 9.29 Å². The fourth-order valence-electron chi connectivity index (χ4n) is 2.69. The van der Waals surface area contributed by atoms with Gasteiger partial charge in [-0.1, -0.05) is 31.9 Å². The van der Waals surface area contributed by atoms with Crippen LogP contribution in [0.15, 0.2) is 29.3 Å². The molecule has 3 rings (SSSR count). The van der Waals surface area contributed by atoms with Gasteiger partial charge in [0.25, 0.3) is 0 Å². The van der Waals surface area contributed by atoms with Crippen LogP contribution in [0.25, 0.3) is 0 Å². The van der Waals surface area contributed by atoms with Crippen LogP contribution in [-0.2, 0) is 24.0 Å². The van der Waals surface area contributed by atoms with Crippen LogP contribution >= 0.6 is 22.9 Å². The molecule has 0 fully saturated rings. The van der Waals surface area contributed by atoms with Gasteiger partial charge in [-0.3, -0.25) is 0 Å². The summed E-state index contributed by atoms with van der Waals surface area (Å²) in [5.74, 6) is 0.480. The van der Waals surface area contributed by atoms with Gasteiger partial charge in [0.2, 0.25) is 5.88 Å². The van der Waals surface area contributed by atoms with Gasteiger partial charge in [-0.2, -0.15) is 0 Å². The number of rotatable bonds is 5. The van der Waals surface area contributed by atoms with Crippen LogP contribution < -0.4 is 4.74 Å². The molecule has 7 heteroatoms. The Bertz CT molecular complexity index is 735. The van der Waals surface area contributed by atoms with Gasteiger partial charge in [0.1, 0.15) is 22.0 Å². The molecule has 0 saturated heterocycles. The average Bonchev–Trinajstić information content (AvgIpc) is 2.85. The molecule has 2 atom stereocenters. The maximum Gasteiger partial charge on any atom is 0.231 e. The van der Waals surface area contributed by atoms with Gasteiger partial charge in [0.05, 0.1) is 4.34 Å². The van der Waals surface area contributed by atoms with Crippen molar-refractivity contribution in [2.75, 3.05) is 6.54 Å². The normalized spacial score (nSPS) is 21.1. The highest BCUT2D eigenvalue weighted by atomic mass is 35.5. The van der Waals surface area contributed by atoms with Gasteiger partial charge in [-0.05, 0) is 36.6 Å². The number of fused-ring (bicyclic) bond motifs is 1. The van der Waals surface area contributed by atoms with Crippen molar-refractivity contribution in [1.29, 1.82) is 0 Å². The lowest BCUT2D eigenvalue weighted by molar-refractivity contribution is 0.163. The van der Waals surface area contributed by atoms with Gasteiger partial charge < -0.3 is 4.74 Å². The van der Waals surface area contributed by atoms with Crippen LogP contribution in [0, 0.1) is 0 Å². The SMILES string of the molecule is CCCc1cc(CN2C[C@@H](CC)Oc3ncccc3S2=O)c(Cl)s1. The highest BCUT2D eigenvalue weighted by Gasteiger charge is 2.29. The second-order valence-electron chi connectivity index (χ2n) is 5.79. The van der Waals surface area contributed by atoms with Gasteiger partial charge in [0, 0.05) is 24.2 Å². The van der Waals surface area contributed by atoms with Gasteiger partial charge in [0.15, 0.2) is 0 Å². The molecule has 130 valence electrons. The van der Waals surface area contributed by atoms with E-state index in [0.717, 1.165) is 29.2 Å². The largest absolute Gasteiger partial charge is 0.472 e. The van der Waals surface area contributed by atoms with Crippen LogP contribution in [0.4, 0.5) is 0 Å². The highest BCUT2D eigenvalue weighted by Crippen LogP contribution is 2.33. The number of hydrogen-bond acceptors (Lipinski definition) is 4. The summed E-state index contributed by atoms with van der Waals surface area (Å²) in [6.45, 7) is 5.37. The number of halogens is 1. The molecule has 0 radical (unpaired) electrons. The molecule has 0 aromatic carbocycles. The summed E-state index contributed by atoms with van der Waals surface area (Å²) in [6, 6.07) is 5.76. The fraction of sp³-hybridized carbons (Fsp3) is 0.471. The van der Waals surface area contributed by atoms with Gasteiger partial charge in [-0.15, -0.1) is 11.3 Å². The number of pyridine rings is 1. The van der Waals surface area contributed by atoms with Crippen molar-refractivity contribution >= 4 is 33.9 Å². The number of nitrogens with zero attached hydrogens (tertiary/aromatic N) is 2.